The summed E-state index contributed by atoms with van der Waals surface area (Å²) in [6.07, 6.45) is 6.95. The smallest absolute Gasteiger partial charge is 0.344 e. The van der Waals surface area contributed by atoms with Crippen molar-refractivity contribution in [1.82, 2.24) is 9.97 Å². The number of halogens is 2. The van der Waals surface area contributed by atoms with Crippen LogP contribution in [0.2, 0.25) is 0 Å². The van der Waals surface area contributed by atoms with E-state index in [1.165, 1.54) is 6.07 Å². The number of ether oxygens (including phenoxy) is 1. The molecule has 0 spiro atoms. The predicted octanol–water partition coefficient (Wildman–Crippen LogP) is 9.06. The first-order valence-electron chi connectivity index (χ1n) is 13.9. The highest BCUT2D eigenvalue weighted by molar-refractivity contribution is 5.94. The van der Waals surface area contributed by atoms with Crippen molar-refractivity contribution in [2.45, 2.75) is 91.9 Å². The quantitative estimate of drug-likeness (QED) is 0.256. The zero-order valence-electron chi connectivity index (χ0n) is 24.6. The zero-order chi connectivity index (χ0) is 29.0. The summed E-state index contributed by atoms with van der Waals surface area (Å²) in [7, 11) is 0. The number of rotatable bonds is 9. The van der Waals surface area contributed by atoms with Crippen molar-refractivity contribution < 1.29 is 18.3 Å². The van der Waals surface area contributed by atoms with E-state index in [1.54, 1.807) is 24.5 Å². The zero-order valence-corrected chi connectivity index (χ0v) is 24.6. The molecule has 0 saturated heterocycles. The molecule has 2 heterocycles. The molecule has 0 amide bonds. The predicted molar refractivity (Wildman–Crippen MR) is 154 cm³/mol. The average Bonchev–Trinajstić information content (AvgIpc) is 2.88. The van der Waals surface area contributed by atoms with Crippen molar-refractivity contribution in [3.05, 3.63) is 71.1 Å². The van der Waals surface area contributed by atoms with Gasteiger partial charge in [-0.15, -0.1) is 0 Å². The number of esters is 1. The number of hydrogen-bond acceptors (Lipinski definition) is 4. The van der Waals surface area contributed by atoms with Crippen LogP contribution in [0, 0.1) is 17.6 Å². The van der Waals surface area contributed by atoms with Gasteiger partial charge in [-0.25, -0.2) is 13.6 Å². The van der Waals surface area contributed by atoms with Crippen LogP contribution in [-0.2, 0) is 15.6 Å². The summed E-state index contributed by atoms with van der Waals surface area (Å²) in [6.45, 7) is 16.5. The van der Waals surface area contributed by atoms with E-state index >= 15 is 8.78 Å². The Labute approximate surface area is 232 Å². The van der Waals surface area contributed by atoms with E-state index in [1.807, 2.05) is 60.6 Å². The normalized spacial score (nSPS) is 12.9. The molecule has 0 aliphatic rings. The Hall–Kier alpha value is -3.15. The topological polar surface area (TPSA) is 52.1 Å². The lowest BCUT2D eigenvalue weighted by Crippen LogP contribution is -2.18. The molecule has 0 N–H and O–H groups in total. The minimum atomic E-state index is -1.01. The number of unbranched alkanes of at least 4 members (excludes halogenated alkanes) is 1. The van der Waals surface area contributed by atoms with E-state index in [4.69, 9.17) is 4.74 Å². The summed E-state index contributed by atoms with van der Waals surface area (Å²) >= 11 is 0. The molecule has 0 aliphatic carbocycles. The second-order valence-electron chi connectivity index (χ2n) is 12.3. The molecule has 4 nitrogen and oxygen atoms in total. The van der Waals surface area contributed by atoms with E-state index in [0.29, 0.717) is 11.4 Å². The maximum Gasteiger partial charge on any atom is 0.344 e. The number of aromatic nitrogens is 2. The molecule has 0 aliphatic heterocycles. The van der Waals surface area contributed by atoms with Crippen LogP contribution in [0.3, 0.4) is 0 Å². The minimum absolute atomic E-state index is 0.0328. The number of benzene rings is 1. The van der Waals surface area contributed by atoms with Gasteiger partial charge in [0.25, 0.3) is 0 Å². The molecule has 0 saturated carbocycles. The summed E-state index contributed by atoms with van der Waals surface area (Å²) in [6, 6.07) is 8.71. The van der Waals surface area contributed by atoms with Gasteiger partial charge in [0.05, 0.1) is 18.0 Å². The van der Waals surface area contributed by atoms with Crippen LogP contribution in [0.4, 0.5) is 8.78 Å². The molecule has 1 aromatic carbocycles. The van der Waals surface area contributed by atoms with Crippen molar-refractivity contribution in [1.29, 1.82) is 0 Å². The third-order valence-corrected chi connectivity index (χ3v) is 7.20. The monoisotopic (exact) mass is 536 g/mol. The Balaban J connectivity index is 2.19. The van der Waals surface area contributed by atoms with Crippen molar-refractivity contribution in [2.75, 3.05) is 6.61 Å². The van der Waals surface area contributed by atoms with Gasteiger partial charge in [0.2, 0.25) is 0 Å². The molecule has 0 bridgehead atoms. The van der Waals surface area contributed by atoms with Crippen molar-refractivity contribution in [3.8, 4) is 22.5 Å². The Kier molecular flexibility index (Phi) is 9.63. The van der Waals surface area contributed by atoms with Crippen molar-refractivity contribution in [2.24, 2.45) is 5.92 Å². The van der Waals surface area contributed by atoms with Crippen LogP contribution < -0.4 is 0 Å². The van der Waals surface area contributed by atoms with E-state index in [-0.39, 0.29) is 34.5 Å². The average molecular weight is 537 g/mol. The Bertz CT molecular complexity index is 1220. The van der Waals surface area contributed by atoms with Crippen LogP contribution >= 0.6 is 0 Å². The Morgan fingerprint density at radius 2 is 1.33 bits per heavy atom. The summed E-state index contributed by atoms with van der Waals surface area (Å²) in [4.78, 5) is 22.0. The maximum atomic E-state index is 16.1. The Morgan fingerprint density at radius 3 is 1.74 bits per heavy atom. The summed E-state index contributed by atoms with van der Waals surface area (Å²) in [5.74, 6) is -2.83. The minimum Gasteiger partial charge on any atom is -0.462 e. The van der Waals surface area contributed by atoms with Gasteiger partial charge in [0, 0.05) is 23.5 Å². The number of nitrogens with zero attached hydrogens (tertiary/aromatic N) is 2. The molecule has 3 aromatic rings. The van der Waals surface area contributed by atoms with Crippen molar-refractivity contribution >= 4 is 5.97 Å². The first-order valence-corrected chi connectivity index (χ1v) is 13.9. The number of carbonyl (C=O) groups is 1. The van der Waals surface area contributed by atoms with Gasteiger partial charge in [-0.3, -0.25) is 9.97 Å². The maximum absolute atomic E-state index is 16.1. The molecule has 3 rings (SSSR count). The molecule has 1 unspecified atom stereocenters. The molecule has 210 valence electrons. The van der Waals surface area contributed by atoms with Gasteiger partial charge in [-0.1, -0.05) is 74.7 Å². The summed E-state index contributed by atoms with van der Waals surface area (Å²) in [5.41, 5.74) is 1.44. The number of pyridine rings is 2. The molecule has 1 atom stereocenters. The summed E-state index contributed by atoms with van der Waals surface area (Å²) < 4.78 is 37.7. The number of carbonyl (C=O) groups excluding carboxylic acids is 1. The van der Waals surface area contributed by atoms with Gasteiger partial charge in [0.15, 0.2) is 0 Å². The van der Waals surface area contributed by atoms with Gasteiger partial charge >= 0.3 is 5.97 Å². The van der Waals surface area contributed by atoms with Crippen LogP contribution in [0.5, 0.6) is 0 Å². The Morgan fingerprint density at radius 1 is 0.846 bits per heavy atom. The molecular formula is C33H42F2N2O2. The standard InChI is InChI=1S/C33H42F2N2O2/c1-9-11-12-21(10-2)20-39-31(38)28-29(34)24(26-17-22(13-15-36-26)32(3,4)5)19-25(30(28)35)27-18-23(14-16-37-27)33(6,7)8/h13-19,21H,9-12,20H2,1-8H3. The lowest BCUT2D eigenvalue weighted by Gasteiger charge is -2.21. The SMILES string of the molecule is CCCCC(CC)COC(=O)c1c(F)c(-c2cc(C(C)(C)C)ccn2)cc(-c2cc(C(C)(C)C)ccn2)c1F. The summed E-state index contributed by atoms with van der Waals surface area (Å²) in [5, 5.41) is 0. The fourth-order valence-electron chi connectivity index (χ4n) is 4.44. The lowest BCUT2D eigenvalue weighted by atomic mass is 9.86. The fraction of sp³-hybridized carbons (Fsp3) is 0.485. The lowest BCUT2D eigenvalue weighted by molar-refractivity contribution is 0.0417. The van der Waals surface area contributed by atoms with Gasteiger partial charge in [0.1, 0.15) is 17.2 Å². The second-order valence-corrected chi connectivity index (χ2v) is 12.3. The molecule has 39 heavy (non-hydrogen) atoms. The highest BCUT2D eigenvalue weighted by Gasteiger charge is 2.29. The van der Waals surface area contributed by atoms with E-state index in [9.17, 15) is 4.79 Å². The first-order chi connectivity index (χ1) is 18.3. The van der Waals surface area contributed by atoms with E-state index in [2.05, 4.69) is 16.9 Å². The van der Waals surface area contributed by atoms with Crippen LogP contribution in [0.15, 0.2) is 42.7 Å². The van der Waals surface area contributed by atoms with E-state index < -0.39 is 23.2 Å². The molecule has 6 heteroatoms. The molecule has 0 radical (unpaired) electrons. The number of hydrogen-bond donors (Lipinski definition) is 0. The van der Waals surface area contributed by atoms with Crippen LogP contribution in [0.25, 0.3) is 22.5 Å². The highest BCUT2D eigenvalue weighted by atomic mass is 19.1. The molecule has 2 aromatic heterocycles. The molecular weight excluding hydrogens is 494 g/mol. The van der Waals surface area contributed by atoms with Gasteiger partial charge in [-0.05, 0) is 64.6 Å². The fourth-order valence-corrected chi connectivity index (χ4v) is 4.44. The van der Waals surface area contributed by atoms with Gasteiger partial charge < -0.3 is 4.74 Å². The second kappa shape index (κ2) is 12.4. The highest BCUT2D eigenvalue weighted by Crippen LogP contribution is 2.36. The van der Waals surface area contributed by atoms with Crippen molar-refractivity contribution in [3.63, 3.8) is 0 Å². The largest absolute Gasteiger partial charge is 0.462 e. The van der Waals surface area contributed by atoms with Crippen LogP contribution in [0.1, 0.15) is 103 Å². The van der Waals surface area contributed by atoms with E-state index in [0.717, 1.165) is 36.8 Å². The third kappa shape index (κ3) is 7.28. The van der Waals surface area contributed by atoms with Gasteiger partial charge in [-0.2, -0.15) is 0 Å². The van der Waals surface area contributed by atoms with Crippen LogP contribution in [-0.4, -0.2) is 22.5 Å². The first kappa shape index (κ1) is 30.4. The molecule has 0 fully saturated rings. The third-order valence-electron chi connectivity index (χ3n) is 7.20.